The number of ether oxygens (including phenoxy) is 1. The third-order valence-electron chi connectivity index (χ3n) is 4.74. The minimum absolute atomic E-state index is 0.0000450. The van der Waals surface area contributed by atoms with Crippen LogP contribution >= 0.6 is 11.3 Å². The van der Waals surface area contributed by atoms with Gasteiger partial charge in [0.15, 0.2) is 0 Å². The van der Waals surface area contributed by atoms with E-state index in [4.69, 9.17) is 19.2 Å². The van der Waals surface area contributed by atoms with Crippen molar-refractivity contribution in [3.8, 4) is 0 Å². The highest BCUT2D eigenvalue weighted by Gasteiger charge is 2.45. The second-order valence-electron chi connectivity index (χ2n) is 6.74. The fourth-order valence-electron chi connectivity index (χ4n) is 3.43. The molecule has 0 spiro atoms. The van der Waals surface area contributed by atoms with Gasteiger partial charge < -0.3 is 19.3 Å². The summed E-state index contributed by atoms with van der Waals surface area (Å²) < 4.78 is 42.9. The van der Waals surface area contributed by atoms with Crippen LogP contribution < -0.4 is 0 Å². The predicted octanol–water partition coefficient (Wildman–Crippen LogP) is 2.98. The van der Waals surface area contributed by atoms with Gasteiger partial charge in [-0.15, -0.1) is 11.3 Å². The molecule has 0 saturated carbocycles. The van der Waals surface area contributed by atoms with Crippen LogP contribution in [0.15, 0.2) is 16.1 Å². The number of fused-ring (bicyclic) bond motifs is 1. The first-order chi connectivity index (χ1) is 13.6. The second kappa shape index (κ2) is 8.11. The number of hydrogen-bond donors (Lipinski definition) is 1. The lowest BCUT2D eigenvalue weighted by Crippen LogP contribution is -2.31. The van der Waals surface area contributed by atoms with Gasteiger partial charge in [-0.3, -0.25) is 4.79 Å². The maximum absolute atomic E-state index is 12.7. The van der Waals surface area contributed by atoms with Crippen molar-refractivity contribution in [1.29, 1.82) is 0 Å². The van der Waals surface area contributed by atoms with Gasteiger partial charge in [-0.25, -0.2) is 9.78 Å². The van der Waals surface area contributed by atoms with Crippen molar-refractivity contribution in [2.45, 2.75) is 38.7 Å². The zero-order chi connectivity index (χ0) is 21.3. The molecule has 158 valence electrons. The smallest absolute Gasteiger partial charge is 0.475 e. The van der Waals surface area contributed by atoms with E-state index in [0.717, 1.165) is 18.0 Å². The standard InChI is InChI=1S/C15H17N3O3S.C2HF3O2/c1-8-13(9(2)21-17-8)15(19)18-6-10-5-11(20-12(10)7-18)14-16-3-4-22-14;3-2(4,5)1(6)7/h3-4,10-12H,5-7H2,1-2H3;(H,6,7)/t10-,11-,12+;/m0./s1. The minimum atomic E-state index is -5.08. The van der Waals surface area contributed by atoms with Crippen molar-refractivity contribution in [2.24, 2.45) is 5.92 Å². The van der Waals surface area contributed by atoms with Crippen molar-refractivity contribution in [3.05, 3.63) is 33.6 Å². The molecule has 0 aromatic carbocycles. The van der Waals surface area contributed by atoms with E-state index in [9.17, 15) is 18.0 Å². The molecule has 0 bridgehead atoms. The van der Waals surface area contributed by atoms with Crippen LogP contribution in [0.5, 0.6) is 0 Å². The molecule has 2 aromatic rings. The number of aliphatic carboxylic acids is 1. The fraction of sp³-hybridized carbons (Fsp3) is 0.529. The van der Waals surface area contributed by atoms with E-state index in [2.05, 4.69) is 10.1 Å². The molecule has 2 fully saturated rings. The molecular formula is C17H18F3N3O5S. The summed E-state index contributed by atoms with van der Waals surface area (Å²) in [4.78, 5) is 27.7. The molecule has 1 amide bonds. The molecule has 4 rings (SSSR count). The SMILES string of the molecule is Cc1noc(C)c1C(=O)N1C[C@@H]2C[C@@H](c3nccs3)O[C@@H]2C1.O=C(O)C(F)(F)F. The number of carboxylic acids is 1. The summed E-state index contributed by atoms with van der Waals surface area (Å²) >= 11 is 1.63. The number of aryl methyl sites for hydroxylation is 2. The quantitative estimate of drug-likeness (QED) is 0.776. The molecule has 2 saturated heterocycles. The highest BCUT2D eigenvalue weighted by Crippen LogP contribution is 2.41. The average molecular weight is 433 g/mol. The van der Waals surface area contributed by atoms with Crippen LogP contribution in [0.2, 0.25) is 0 Å². The Hall–Kier alpha value is -2.47. The summed E-state index contributed by atoms with van der Waals surface area (Å²) in [6, 6.07) is 0. The summed E-state index contributed by atoms with van der Waals surface area (Å²) in [5.74, 6) is -1.79. The van der Waals surface area contributed by atoms with Gasteiger partial charge in [-0.2, -0.15) is 13.2 Å². The molecule has 12 heteroatoms. The van der Waals surface area contributed by atoms with Crippen LogP contribution in [0.25, 0.3) is 0 Å². The lowest BCUT2D eigenvalue weighted by molar-refractivity contribution is -0.192. The highest BCUT2D eigenvalue weighted by atomic mass is 32.1. The number of amides is 1. The third kappa shape index (κ3) is 4.58. The molecule has 3 atom stereocenters. The maximum atomic E-state index is 12.7. The molecule has 4 heterocycles. The summed E-state index contributed by atoms with van der Waals surface area (Å²) in [6.07, 6.45) is -2.14. The Morgan fingerprint density at radius 1 is 1.31 bits per heavy atom. The Labute approximate surface area is 167 Å². The topological polar surface area (TPSA) is 106 Å². The number of aromatic nitrogens is 2. The van der Waals surface area contributed by atoms with E-state index < -0.39 is 12.1 Å². The number of rotatable bonds is 2. The largest absolute Gasteiger partial charge is 0.490 e. The number of hydrogen-bond acceptors (Lipinski definition) is 7. The molecule has 0 unspecified atom stereocenters. The number of alkyl halides is 3. The van der Waals surface area contributed by atoms with Crippen LogP contribution in [0, 0.1) is 19.8 Å². The van der Waals surface area contributed by atoms with E-state index >= 15 is 0 Å². The normalized spacial score (nSPS) is 23.5. The highest BCUT2D eigenvalue weighted by molar-refractivity contribution is 7.09. The summed E-state index contributed by atoms with van der Waals surface area (Å²) in [6.45, 7) is 4.94. The van der Waals surface area contributed by atoms with E-state index in [0.29, 0.717) is 29.5 Å². The van der Waals surface area contributed by atoms with Gasteiger partial charge in [0.05, 0.1) is 11.8 Å². The van der Waals surface area contributed by atoms with E-state index in [1.165, 1.54) is 0 Å². The Kier molecular flexibility index (Phi) is 5.94. The lowest BCUT2D eigenvalue weighted by Gasteiger charge is -2.18. The van der Waals surface area contributed by atoms with E-state index in [1.807, 2.05) is 16.5 Å². The number of nitrogens with zero attached hydrogens (tertiary/aromatic N) is 3. The first-order valence-electron chi connectivity index (χ1n) is 8.65. The molecule has 0 radical (unpaired) electrons. The van der Waals surface area contributed by atoms with Crippen LogP contribution in [0.1, 0.15) is 39.3 Å². The summed E-state index contributed by atoms with van der Waals surface area (Å²) in [5.41, 5.74) is 1.25. The van der Waals surface area contributed by atoms with Crippen molar-refractivity contribution in [1.82, 2.24) is 15.0 Å². The van der Waals surface area contributed by atoms with Crippen LogP contribution in [-0.4, -0.2) is 57.4 Å². The molecule has 8 nitrogen and oxygen atoms in total. The molecule has 2 aromatic heterocycles. The van der Waals surface area contributed by atoms with Gasteiger partial charge in [-0.05, 0) is 20.3 Å². The summed E-state index contributed by atoms with van der Waals surface area (Å²) in [5, 5.41) is 14.0. The Bertz CT molecular complexity index is 850. The van der Waals surface area contributed by atoms with Gasteiger partial charge >= 0.3 is 12.1 Å². The number of carbonyl (C=O) groups excluding carboxylic acids is 1. The minimum Gasteiger partial charge on any atom is -0.475 e. The molecule has 1 N–H and O–H groups in total. The van der Waals surface area contributed by atoms with Gasteiger partial charge in [0, 0.05) is 30.6 Å². The Morgan fingerprint density at radius 3 is 2.48 bits per heavy atom. The molecular weight excluding hydrogens is 415 g/mol. The van der Waals surface area contributed by atoms with E-state index in [1.54, 1.807) is 25.2 Å². The molecule has 0 aliphatic carbocycles. The molecule has 29 heavy (non-hydrogen) atoms. The van der Waals surface area contributed by atoms with E-state index in [-0.39, 0.29) is 18.1 Å². The molecule has 2 aliphatic rings. The van der Waals surface area contributed by atoms with Gasteiger partial charge in [0.1, 0.15) is 22.4 Å². The van der Waals surface area contributed by atoms with Crippen molar-refractivity contribution >= 4 is 23.2 Å². The first kappa shape index (κ1) is 21.2. The molecule has 2 aliphatic heterocycles. The second-order valence-corrected chi connectivity index (χ2v) is 7.67. The van der Waals surface area contributed by atoms with Gasteiger partial charge in [-0.1, -0.05) is 5.16 Å². The van der Waals surface area contributed by atoms with Crippen LogP contribution in [0.3, 0.4) is 0 Å². The lowest BCUT2D eigenvalue weighted by atomic mass is 10.0. The van der Waals surface area contributed by atoms with Crippen LogP contribution in [0.4, 0.5) is 13.2 Å². The fourth-order valence-corrected chi connectivity index (χ4v) is 4.11. The number of carbonyl (C=O) groups is 2. The van der Waals surface area contributed by atoms with Crippen molar-refractivity contribution in [3.63, 3.8) is 0 Å². The Balaban J connectivity index is 0.000000298. The number of thiazole rings is 1. The van der Waals surface area contributed by atoms with Gasteiger partial charge in [0.2, 0.25) is 0 Å². The number of likely N-dealkylation sites (tertiary alicyclic amines) is 1. The summed E-state index contributed by atoms with van der Waals surface area (Å²) in [7, 11) is 0. The number of halogens is 3. The van der Waals surface area contributed by atoms with Crippen molar-refractivity contribution in [2.75, 3.05) is 13.1 Å². The van der Waals surface area contributed by atoms with Gasteiger partial charge in [0.25, 0.3) is 5.91 Å². The first-order valence-corrected chi connectivity index (χ1v) is 9.53. The van der Waals surface area contributed by atoms with Crippen LogP contribution in [-0.2, 0) is 9.53 Å². The zero-order valence-electron chi connectivity index (χ0n) is 15.5. The predicted molar refractivity (Wildman–Crippen MR) is 93.4 cm³/mol. The Morgan fingerprint density at radius 2 is 2.00 bits per heavy atom. The van der Waals surface area contributed by atoms with Crippen molar-refractivity contribution < 1.29 is 37.1 Å². The third-order valence-corrected chi connectivity index (χ3v) is 5.61. The number of carboxylic acid groups (broad SMARTS) is 1. The monoisotopic (exact) mass is 433 g/mol. The average Bonchev–Trinajstić information content (AvgIpc) is 3.37. The zero-order valence-corrected chi connectivity index (χ0v) is 16.3. The maximum Gasteiger partial charge on any atom is 0.490 e.